The Labute approximate surface area is 260 Å². The Hall–Kier alpha value is -4.51. The second-order valence-corrected chi connectivity index (χ2v) is 12.9. The molecule has 1 aromatic carbocycles. The lowest BCUT2D eigenvalue weighted by molar-refractivity contribution is -0.137. The van der Waals surface area contributed by atoms with Gasteiger partial charge >= 0.3 is 12.3 Å². The van der Waals surface area contributed by atoms with Gasteiger partial charge in [0.15, 0.2) is 17.3 Å². The molecule has 0 spiro atoms. The minimum atomic E-state index is -4.97. The molecule has 244 valence electrons. The Morgan fingerprint density at radius 1 is 1.15 bits per heavy atom. The lowest BCUT2D eigenvalue weighted by Gasteiger charge is -2.34. The number of aromatic nitrogens is 4. The first-order chi connectivity index (χ1) is 21.8. The smallest absolute Gasteiger partial charge is 0.419 e. The van der Waals surface area contributed by atoms with Gasteiger partial charge in [0.2, 0.25) is 5.95 Å². The van der Waals surface area contributed by atoms with Crippen molar-refractivity contribution in [1.29, 1.82) is 0 Å². The van der Waals surface area contributed by atoms with Gasteiger partial charge in [0, 0.05) is 49.0 Å². The molecule has 0 aliphatic carbocycles. The third-order valence-electron chi connectivity index (χ3n) is 8.00. The standard InChI is InChI=1S/C29H29F4N7O5S/c1-17-16-45-11-10-39(17)26-23(30)12-20-21(15-40(25(20)37-26)46(43,44)19-7-3-2-4-8-19)24-22(29(31,32)33)13-34-27(36-24)35-18-6-5-9-38(14-18)28(41)42/h2-4,7-8,12-13,15,17-18H,5-6,9-11,14,16H2,1H3,(H,41,42)(H,34,35,36)/t17-,18-/m0/s1. The van der Waals surface area contributed by atoms with Crippen molar-refractivity contribution in [3.63, 3.8) is 0 Å². The van der Waals surface area contributed by atoms with E-state index in [0.717, 1.165) is 16.2 Å². The van der Waals surface area contributed by atoms with Gasteiger partial charge in [-0.15, -0.1) is 0 Å². The number of hydrogen-bond acceptors (Lipinski definition) is 9. The highest BCUT2D eigenvalue weighted by atomic mass is 32.2. The van der Waals surface area contributed by atoms with Crippen LogP contribution < -0.4 is 10.2 Å². The van der Waals surface area contributed by atoms with Crippen molar-refractivity contribution >= 4 is 38.9 Å². The lowest BCUT2D eigenvalue weighted by Crippen LogP contribution is -2.44. The number of morpholine rings is 1. The van der Waals surface area contributed by atoms with Crippen LogP contribution in [0.25, 0.3) is 22.3 Å². The largest absolute Gasteiger partial charge is 0.465 e. The van der Waals surface area contributed by atoms with Crippen molar-refractivity contribution in [2.24, 2.45) is 0 Å². The van der Waals surface area contributed by atoms with Crippen LogP contribution in [0, 0.1) is 5.82 Å². The van der Waals surface area contributed by atoms with Crippen LogP contribution in [0.5, 0.6) is 0 Å². The van der Waals surface area contributed by atoms with Gasteiger partial charge in [0.1, 0.15) is 5.56 Å². The summed E-state index contributed by atoms with van der Waals surface area (Å²) in [6, 6.07) is 7.41. The number of alkyl halides is 3. The highest BCUT2D eigenvalue weighted by Gasteiger charge is 2.38. The fraction of sp³-hybridized carbons (Fsp3) is 0.379. The molecule has 1 amide bonds. The molecule has 2 atom stereocenters. The van der Waals surface area contributed by atoms with Gasteiger partial charge in [-0.2, -0.15) is 13.2 Å². The number of nitrogens with zero attached hydrogens (tertiary/aromatic N) is 6. The molecule has 6 rings (SSSR count). The van der Waals surface area contributed by atoms with E-state index in [-0.39, 0.29) is 65.6 Å². The minimum absolute atomic E-state index is 0.0571. The number of benzene rings is 1. The predicted molar refractivity (Wildman–Crippen MR) is 159 cm³/mol. The zero-order chi connectivity index (χ0) is 32.8. The molecule has 0 saturated carbocycles. The van der Waals surface area contributed by atoms with E-state index in [2.05, 4.69) is 20.3 Å². The van der Waals surface area contributed by atoms with Gasteiger partial charge in [-0.05, 0) is 38.0 Å². The van der Waals surface area contributed by atoms with Crippen LogP contribution in [0.2, 0.25) is 0 Å². The van der Waals surface area contributed by atoms with Crippen molar-refractivity contribution in [2.75, 3.05) is 43.1 Å². The number of pyridine rings is 1. The fourth-order valence-corrected chi connectivity index (χ4v) is 7.06. The summed E-state index contributed by atoms with van der Waals surface area (Å²) < 4.78 is 93.0. The molecule has 17 heteroatoms. The SMILES string of the molecule is C[C@H]1COCCN1c1nc2c(cc1F)c(-c1nc(N[C@H]3CCCN(C(=O)O)C3)ncc1C(F)(F)F)cn2S(=O)(=O)c1ccccc1. The summed E-state index contributed by atoms with van der Waals surface area (Å²) >= 11 is 0. The molecule has 2 saturated heterocycles. The van der Waals surface area contributed by atoms with E-state index in [1.807, 2.05) is 0 Å². The second-order valence-electron chi connectivity index (χ2n) is 11.1. The average molecular weight is 664 g/mol. The molecule has 5 heterocycles. The number of piperidine rings is 1. The topological polar surface area (TPSA) is 143 Å². The molecule has 2 N–H and O–H groups in total. The molecule has 3 aromatic heterocycles. The van der Waals surface area contributed by atoms with E-state index in [0.29, 0.717) is 25.6 Å². The molecular weight excluding hydrogens is 634 g/mol. The number of hydrogen-bond donors (Lipinski definition) is 2. The summed E-state index contributed by atoms with van der Waals surface area (Å²) in [6.07, 6.45) is -3.56. The number of fused-ring (bicyclic) bond motifs is 1. The number of anilines is 2. The average Bonchev–Trinajstić information content (AvgIpc) is 3.40. The third-order valence-corrected chi connectivity index (χ3v) is 9.66. The van der Waals surface area contributed by atoms with Crippen LogP contribution in [-0.4, -0.2) is 88.4 Å². The van der Waals surface area contributed by atoms with Crippen molar-refractivity contribution in [3.8, 4) is 11.3 Å². The summed E-state index contributed by atoms with van der Waals surface area (Å²) in [4.78, 5) is 26.5. The summed E-state index contributed by atoms with van der Waals surface area (Å²) in [7, 11) is -4.43. The fourth-order valence-electron chi connectivity index (χ4n) is 5.72. The van der Waals surface area contributed by atoms with E-state index in [1.54, 1.807) is 17.9 Å². The van der Waals surface area contributed by atoms with Crippen LogP contribution in [0.3, 0.4) is 0 Å². The van der Waals surface area contributed by atoms with Gasteiger partial charge in [0.25, 0.3) is 10.0 Å². The first-order valence-corrected chi connectivity index (χ1v) is 15.8. The van der Waals surface area contributed by atoms with Crippen molar-refractivity contribution in [2.45, 2.75) is 42.9 Å². The highest BCUT2D eigenvalue weighted by molar-refractivity contribution is 7.90. The Kier molecular flexibility index (Phi) is 8.22. The normalized spacial score (nSPS) is 19.4. The number of likely N-dealkylation sites (tertiary alicyclic amines) is 1. The van der Waals surface area contributed by atoms with E-state index < -0.39 is 45.4 Å². The number of nitrogens with one attached hydrogen (secondary N) is 1. The predicted octanol–water partition coefficient (Wildman–Crippen LogP) is 4.67. The van der Waals surface area contributed by atoms with Crippen LogP contribution in [0.15, 0.2) is 53.7 Å². The maximum Gasteiger partial charge on any atom is 0.419 e. The summed E-state index contributed by atoms with van der Waals surface area (Å²) in [5.41, 5.74) is -2.61. The quantitative estimate of drug-likeness (QED) is 0.280. The number of halogens is 4. The van der Waals surface area contributed by atoms with E-state index in [1.165, 1.54) is 29.2 Å². The van der Waals surface area contributed by atoms with Crippen LogP contribution in [-0.2, 0) is 20.9 Å². The van der Waals surface area contributed by atoms with E-state index >= 15 is 4.39 Å². The first-order valence-electron chi connectivity index (χ1n) is 14.4. The van der Waals surface area contributed by atoms with Crippen molar-refractivity contribution in [3.05, 3.63) is 60.2 Å². The van der Waals surface area contributed by atoms with Gasteiger partial charge in [-0.3, -0.25) is 0 Å². The van der Waals surface area contributed by atoms with Crippen LogP contribution >= 0.6 is 0 Å². The van der Waals surface area contributed by atoms with Gasteiger partial charge < -0.3 is 25.0 Å². The molecule has 2 aliphatic heterocycles. The van der Waals surface area contributed by atoms with Crippen molar-refractivity contribution in [1.82, 2.24) is 23.8 Å². The number of rotatable bonds is 6. The molecule has 2 fully saturated rings. The molecule has 0 bridgehead atoms. The molecule has 2 aliphatic rings. The van der Waals surface area contributed by atoms with Gasteiger partial charge in [0.05, 0.1) is 29.8 Å². The highest BCUT2D eigenvalue weighted by Crippen LogP contribution is 2.41. The monoisotopic (exact) mass is 663 g/mol. The Morgan fingerprint density at radius 2 is 1.91 bits per heavy atom. The van der Waals surface area contributed by atoms with Crippen LogP contribution in [0.1, 0.15) is 25.3 Å². The number of carboxylic acid groups (broad SMARTS) is 1. The van der Waals surface area contributed by atoms with Crippen molar-refractivity contribution < 1.29 is 40.6 Å². The maximum atomic E-state index is 15.8. The van der Waals surface area contributed by atoms with E-state index in [4.69, 9.17) is 4.74 Å². The molecule has 12 nitrogen and oxygen atoms in total. The molecule has 46 heavy (non-hydrogen) atoms. The third kappa shape index (κ3) is 5.91. The van der Waals surface area contributed by atoms with E-state index in [9.17, 15) is 31.5 Å². The summed E-state index contributed by atoms with van der Waals surface area (Å²) in [5.74, 6) is -1.27. The Balaban J connectivity index is 1.54. The zero-order valence-corrected chi connectivity index (χ0v) is 25.2. The Bertz CT molecular complexity index is 1890. The molecule has 0 radical (unpaired) electrons. The Morgan fingerprint density at radius 3 is 2.61 bits per heavy atom. The van der Waals surface area contributed by atoms with Crippen LogP contribution in [0.4, 0.5) is 34.1 Å². The summed E-state index contributed by atoms with van der Waals surface area (Å²) in [6.45, 7) is 2.95. The molecule has 0 unspecified atom stereocenters. The summed E-state index contributed by atoms with van der Waals surface area (Å²) in [5, 5.41) is 12.1. The van der Waals surface area contributed by atoms with Gasteiger partial charge in [-0.1, -0.05) is 18.2 Å². The van der Waals surface area contributed by atoms with Gasteiger partial charge in [-0.25, -0.2) is 36.5 Å². The number of carbonyl (C=O) groups is 1. The number of amides is 1. The second kappa shape index (κ2) is 12.0. The molecular formula is C29H29F4N7O5S. The maximum absolute atomic E-state index is 15.8. The molecule has 4 aromatic rings. The number of ether oxygens (including phenoxy) is 1. The zero-order valence-electron chi connectivity index (χ0n) is 24.4. The minimum Gasteiger partial charge on any atom is -0.465 e. The first kappa shape index (κ1) is 31.5. The lowest BCUT2D eigenvalue weighted by atomic mass is 10.1.